The molecule has 1 heterocycles. The van der Waals surface area contributed by atoms with Crippen molar-refractivity contribution in [2.45, 2.75) is 13.5 Å². The molecule has 2 aromatic carbocycles. The van der Waals surface area contributed by atoms with Crippen molar-refractivity contribution in [3.8, 4) is 11.5 Å². The van der Waals surface area contributed by atoms with Crippen molar-refractivity contribution in [1.82, 2.24) is 14.9 Å². The van der Waals surface area contributed by atoms with Crippen molar-refractivity contribution >= 4 is 24.1 Å². The minimum absolute atomic E-state index is 0.0701. The Bertz CT molecular complexity index is 1140. The quantitative estimate of drug-likeness (QED) is 0.271. The summed E-state index contributed by atoms with van der Waals surface area (Å²) in [6, 6.07) is 8.26. The number of benzene rings is 2. The van der Waals surface area contributed by atoms with E-state index in [1.807, 2.05) is 0 Å². The normalized spacial score (nSPS) is 11.0. The average Bonchev–Trinajstić information content (AvgIpc) is 3.02. The fourth-order valence-corrected chi connectivity index (χ4v) is 2.76. The van der Waals surface area contributed by atoms with E-state index in [-0.39, 0.29) is 18.0 Å². The van der Waals surface area contributed by atoms with Crippen LogP contribution in [0.5, 0.6) is 11.5 Å². The Hall–Kier alpha value is -3.60. The van der Waals surface area contributed by atoms with Crippen molar-refractivity contribution in [3.05, 3.63) is 74.1 Å². The van der Waals surface area contributed by atoms with E-state index in [2.05, 4.69) is 15.3 Å². The lowest BCUT2D eigenvalue weighted by atomic mass is 10.1. The van der Waals surface area contributed by atoms with Gasteiger partial charge in [-0.2, -0.15) is 14.9 Å². The Morgan fingerprint density at radius 2 is 2.14 bits per heavy atom. The Labute approximate surface area is 169 Å². The number of methoxy groups -OCH3 is 1. The highest BCUT2D eigenvalue weighted by Gasteiger charge is 2.17. The lowest BCUT2D eigenvalue weighted by Gasteiger charge is -2.11. The van der Waals surface area contributed by atoms with E-state index in [1.165, 1.54) is 11.8 Å². The fourth-order valence-electron chi connectivity index (χ4n) is 2.53. The van der Waals surface area contributed by atoms with Crippen molar-refractivity contribution in [2.24, 2.45) is 5.10 Å². The van der Waals surface area contributed by atoms with Crippen LogP contribution in [0, 0.1) is 27.6 Å². The second-order valence-electron chi connectivity index (χ2n) is 5.86. The zero-order valence-corrected chi connectivity index (χ0v) is 16.3. The topological polar surface area (TPSA) is 108 Å². The van der Waals surface area contributed by atoms with Crippen LogP contribution < -0.4 is 9.47 Å². The molecule has 0 saturated carbocycles. The molecule has 0 spiro atoms. The minimum Gasteiger partial charge on any atom is -0.496 e. The van der Waals surface area contributed by atoms with E-state index in [4.69, 9.17) is 21.7 Å². The summed E-state index contributed by atoms with van der Waals surface area (Å²) in [5.74, 6) is 0.307. The molecular formula is C18H16FN5O4S. The van der Waals surface area contributed by atoms with Crippen LogP contribution in [0.25, 0.3) is 0 Å². The first-order valence-corrected chi connectivity index (χ1v) is 8.72. The minimum atomic E-state index is -0.634. The van der Waals surface area contributed by atoms with Crippen LogP contribution in [0.1, 0.15) is 17.0 Å². The molecule has 1 N–H and O–H groups in total. The molecule has 29 heavy (non-hydrogen) atoms. The molecule has 150 valence electrons. The number of aromatic nitrogens is 3. The molecule has 3 rings (SSSR count). The first kappa shape index (κ1) is 20.1. The molecule has 0 atom stereocenters. The highest BCUT2D eigenvalue weighted by Crippen LogP contribution is 2.29. The number of ether oxygens (including phenoxy) is 2. The molecule has 0 amide bonds. The van der Waals surface area contributed by atoms with Gasteiger partial charge in [-0.05, 0) is 49.0 Å². The van der Waals surface area contributed by atoms with Gasteiger partial charge in [-0.1, -0.05) is 0 Å². The van der Waals surface area contributed by atoms with Gasteiger partial charge in [0, 0.05) is 17.7 Å². The van der Waals surface area contributed by atoms with Gasteiger partial charge in [0.15, 0.2) is 5.75 Å². The third-order valence-electron chi connectivity index (χ3n) is 3.94. The zero-order valence-electron chi connectivity index (χ0n) is 15.5. The molecule has 11 heteroatoms. The summed E-state index contributed by atoms with van der Waals surface area (Å²) in [6.07, 6.45) is 1.58. The van der Waals surface area contributed by atoms with E-state index in [0.717, 1.165) is 18.2 Å². The zero-order chi connectivity index (χ0) is 21.0. The van der Waals surface area contributed by atoms with Gasteiger partial charge in [0.2, 0.25) is 4.77 Å². The second kappa shape index (κ2) is 8.61. The van der Waals surface area contributed by atoms with Gasteiger partial charge in [-0.25, -0.2) is 4.39 Å². The largest absolute Gasteiger partial charge is 0.496 e. The Morgan fingerprint density at radius 1 is 1.34 bits per heavy atom. The molecule has 9 nitrogen and oxygen atoms in total. The first-order valence-electron chi connectivity index (χ1n) is 8.31. The van der Waals surface area contributed by atoms with Crippen LogP contribution in [0.3, 0.4) is 0 Å². The van der Waals surface area contributed by atoms with Crippen molar-refractivity contribution < 1.29 is 18.8 Å². The summed E-state index contributed by atoms with van der Waals surface area (Å²) in [4.78, 5) is 10.5. The van der Waals surface area contributed by atoms with Crippen LogP contribution in [0.4, 0.5) is 10.1 Å². The predicted octanol–water partition coefficient (Wildman–Crippen LogP) is 3.77. The number of H-pyrrole nitrogens is 1. The molecule has 0 fully saturated rings. The number of nitro groups is 1. The lowest BCUT2D eigenvalue weighted by molar-refractivity contribution is -0.386. The molecule has 1 aromatic heterocycles. The van der Waals surface area contributed by atoms with Crippen molar-refractivity contribution in [2.75, 3.05) is 7.11 Å². The first-order chi connectivity index (χ1) is 13.9. The third kappa shape index (κ3) is 4.63. The molecule has 0 aliphatic rings. The molecule has 0 aliphatic carbocycles. The van der Waals surface area contributed by atoms with E-state index in [0.29, 0.717) is 27.5 Å². The van der Waals surface area contributed by atoms with Crippen LogP contribution in [-0.4, -0.2) is 33.1 Å². The molecular weight excluding hydrogens is 401 g/mol. The van der Waals surface area contributed by atoms with Crippen molar-refractivity contribution in [3.63, 3.8) is 0 Å². The van der Waals surface area contributed by atoms with Crippen LogP contribution in [-0.2, 0) is 6.61 Å². The molecule has 0 unspecified atom stereocenters. The number of aryl methyl sites for hydroxylation is 1. The highest BCUT2D eigenvalue weighted by molar-refractivity contribution is 7.71. The highest BCUT2D eigenvalue weighted by atomic mass is 32.1. The summed E-state index contributed by atoms with van der Waals surface area (Å²) in [7, 11) is 1.49. The van der Waals surface area contributed by atoms with Gasteiger partial charge in [-0.15, -0.1) is 0 Å². The number of rotatable bonds is 7. The number of aromatic amines is 1. The number of nitrogens with zero attached hydrogens (tertiary/aromatic N) is 4. The third-order valence-corrected chi connectivity index (χ3v) is 4.20. The SMILES string of the molecule is COc1ccc(C=Nn2c(C)n[nH]c2=S)cc1COc1cc(F)ccc1[N+](=O)[O-]. The van der Waals surface area contributed by atoms with E-state index >= 15 is 0 Å². The number of hydrogen-bond donors (Lipinski definition) is 1. The van der Waals surface area contributed by atoms with E-state index in [1.54, 1.807) is 31.3 Å². The average molecular weight is 417 g/mol. The number of hydrogen-bond acceptors (Lipinski definition) is 7. The number of halogens is 1. The smallest absolute Gasteiger partial charge is 0.311 e. The maximum atomic E-state index is 13.5. The van der Waals surface area contributed by atoms with E-state index in [9.17, 15) is 14.5 Å². The Balaban J connectivity index is 1.86. The van der Waals surface area contributed by atoms with Gasteiger partial charge >= 0.3 is 5.69 Å². The maximum absolute atomic E-state index is 13.5. The molecule has 0 saturated heterocycles. The van der Waals surface area contributed by atoms with Crippen LogP contribution in [0.2, 0.25) is 0 Å². The number of nitro benzene ring substituents is 1. The Morgan fingerprint density at radius 3 is 2.79 bits per heavy atom. The molecule has 3 aromatic rings. The van der Waals surface area contributed by atoms with Crippen LogP contribution in [0.15, 0.2) is 41.5 Å². The summed E-state index contributed by atoms with van der Waals surface area (Å²) in [6.45, 7) is 1.68. The standard InChI is InChI=1S/C18H16FN5O4S/c1-11-21-22-18(29)23(11)20-9-12-3-6-16(27-2)13(7-12)10-28-17-8-14(19)4-5-15(17)24(25)26/h3-9H,10H2,1-2H3,(H,22,29). The van der Waals surface area contributed by atoms with E-state index < -0.39 is 10.7 Å². The van der Waals surface area contributed by atoms with Gasteiger partial charge in [0.25, 0.3) is 0 Å². The summed E-state index contributed by atoms with van der Waals surface area (Å²) in [5, 5.41) is 22.0. The fraction of sp³-hybridized carbons (Fsp3) is 0.167. The van der Waals surface area contributed by atoms with Gasteiger partial charge in [0.1, 0.15) is 24.0 Å². The summed E-state index contributed by atoms with van der Waals surface area (Å²) >= 11 is 5.10. The summed E-state index contributed by atoms with van der Waals surface area (Å²) < 4.78 is 26.1. The molecule has 0 aliphatic heterocycles. The summed E-state index contributed by atoms with van der Waals surface area (Å²) in [5.41, 5.74) is 0.982. The predicted molar refractivity (Wildman–Crippen MR) is 106 cm³/mol. The maximum Gasteiger partial charge on any atom is 0.311 e. The van der Waals surface area contributed by atoms with Gasteiger partial charge in [0.05, 0.1) is 18.2 Å². The second-order valence-corrected chi connectivity index (χ2v) is 6.25. The molecule has 0 bridgehead atoms. The van der Waals surface area contributed by atoms with Gasteiger partial charge in [-0.3, -0.25) is 15.2 Å². The molecule has 0 radical (unpaired) electrons. The Kier molecular flexibility index (Phi) is 5.98. The monoisotopic (exact) mass is 417 g/mol. The lowest BCUT2D eigenvalue weighted by Crippen LogP contribution is -2.03. The van der Waals surface area contributed by atoms with Crippen molar-refractivity contribution in [1.29, 1.82) is 0 Å². The van der Waals surface area contributed by atoms with Crippen LogP contribution >= 0.6 is 12.2 Å². The number of nitrogens with one attached hydrogen (secondary N) is 1. The van der Waals surface area contributed by atoms with Gasteiger partial charge < -0.3 is 9.47 Å².